The summed E-state index contributed by atoms with van der Waals surface area (Å²) in [5, 5.41) is 14.2. The van der Waals surface area contributed by atoms with Crippen LogP contribution < -0.4 is 5.32 Å². The molecule has 2 saturated heterocycles. The van der Waals surface area contributed by atoms with Gasteiger partial charge in [0, 0.05) is 31.3 Å². The first kappa shape index (κ1) is 19.1. The number of non-ortho nitro benzene ring substituents is 1. The lowest BCUT2D eigenvalue weighted by Crippen LogP contribution is -2.43. The number of nitrogens with one attached hydrogen (secondary N) is 1. The van der Waals surface area contributed by atoms with E-state index in [4.69, 9.17) is 0 Å². The van der Waals surface area contributed by atoms with Crippen LogP contribution in [0.4, 0.5) is 5.69 Å². The maximum absolute atomic E-state index is 12.6. The molecule has 3 rings (SSSR count). The molecule has 0 saturated carbocycles. The Morgan fingerprint density at radius 2 is 1.75 bits per heavy atom. The third-order valence-corrected chi connectivity index (χ3v) is 6.76. The van der Waals surface area contributed by atoms with Gasteiger partial charge in [0.15, 0.2) is 0 Å². The topological polar surface area (TPSA) is 92.5 Å². The molecule has 0 radical (unpaired) electrons. The van der Waals surface area contributed by atoms with Crippen molar-refractivity contribution in [3.8, 4) is 0 Å². The second-order valence-corrected chi connectivity index (χ2v) is 8.13. The SMILES string of the molecule is Cl.O=[N+]([O-])c1ccc(S(=O)(=O)N2CCC(C3CCCN3)CC2)cc1. The summed E-state index contributed by atoms with van der Waals surface area (Å²) in [4.78, 5) is 10.3. The maximum atomic E-state index is 12.6. The van der Waals surface area contributed by atoms with Crippen LogP contribution in [0, 0.1) is 16.0 Å². The number of nitro groups is 1. The molecule has 0 aliphatic carbocycles. The Morgan fingerprint density at radius 1 is 1.12 bits per heavy atom. The Bertz CT molecular complexity index is 666. The lowest BCUT2D eigenvalue weighted by molar-refractivity contribution is -0.384. The molecule has 0 amide bonds. The molecular formula is C15H22ClN3O4S. The van der Waals surface area contributed by atoms with Crippen LogP contribution in [0.15, 0.2) is 29.2 Å². The van der Waals surface area contributed by atoms with E-state index in [1.54, 1.807) is 0 Å². The Balaban J connectivity index is 0.00000208. The average molecular weight is 376 g/mol. The number of hydrogen-bond acceptors (Lipinski definition) is 5. The first-order valence-electron chi connectivity index (χ1n) is 7.96. The van der Waals surface area contributed by atoms with E-state index in [1.807, 2.05) is 0 Å². The van der Waals surface area contributed by atoms with Crippen molar-refractivity contribution in [3.63, 3.8) is 0 Å². The Hall–Kier alpha value is -1.22. The van der Waals surface area contributed by atoms with Crippen LogP contribution in [-0.2, 0) is 10.0 Å². The molecule has 1 atom stereocenters. The molecule has 2 aliphatic heterocycles. The predicted molar refractivity (Wildman–Crippen MR) is 92.9 cm³/mol. The number of piperidine rings is 1. The molecular weight excluding hydrogens is 354 g/mol. The highest BCUT2D eigenvalue weighted by Crippen LogP contribution is 2.29. The Kier molecular flexibility index (Phi) is 6.19. The van der Waals surface area contributed by atoms with E-state index in [0.29, 0.717) is 25.0 Å². The minimum absolute atomic E-state index is 0. The van der Waals surface area contributed by atoms with Crippen LogP contribution in [-0.4, -0.2) is 43.3 Å². The number of sulfonamides is 1. The number of rotatable bonds is 4. The first-order chi connectivity index (χ1) is 11.0. The van der Waals surface area contributed by atoms with Gasteiger partial charge in [-0.05, 0) is 50.3 Å². The molecule has 0 bridgehead atoms. The summed E-state index contributed by atoms with van der Waals surface area (Å²) in [6.07, 6.45) is 4.11. The highest BCUT2D eigenvalue weighted by molar-refractivity contribution is 7.89. The van der Waals surface area contributed by atoms with Gasteiger partial charge in [0.05, 0.1) is 9.82 Å². The molecule has 9 heteroatoms. The number of nitro benzene ring substituents is 1. The van der Waals surface area contributed by atoms with E-state index in [1.165, 1.54) is 41.4 Å². The standard InChI is InChI=1S/C15H21N3O4S.ClH/c19-18(20)13-3-5-14(6-4-13)23(21,22)17-10-7-12(8-11-17)15-2-1-9-16-15;/h3-6,12,15-16H,1-2,7-11H2;1H. The molecule has 0 spiro atoms. The van der Waals surface area contributed by atoms with Crippen LogP contribution in [0.25, 0.3) is 0 Å². The highest BCUT2D eigenvalue weighted by atomic mass is 35.5. The van der Waals surface area contributed by atoms with Gasteiger partial charge in [-0.1, -0.05) is 0 Å². The summed E-state index contributed by atoms with van der Waals surface area (Å²) in [7, 11) is -3.56. The summed E-state index contributed by atoms with van der Waals surface area (Å²) in [6.45, 7) is 2.09. The molecule has 2 heterocycles. The predicted octanol–water partition coefficient (Wildman–Crippen LogP) is 2.17. The molecule has 24 heavy (non-hydrogen) atoms. The Labute approximate surface area is 148 Å². The summed E-state index contributed by atoms with van der Waals surface area (Å²) in [5.41, 5.74) is -0.102. The second kappa shape index (κ2) is 7.77. The highest BCUT2D eigenvalue weighted by Gasteiger charge is 2.33. The van der Waals surface area contributed by atoms with Gasteiger partial charge in [-0.15, -0.1) is 12.4 Å². The van der Waals surface area contributed by atoms with Gasteiger partial charge < -0.3 is 5.32 Å². The zero-order chi connectivity index (χ0) is 16.4. The van der Waals surface area contributed by atoms with Crippen LogP contribution in [0.5, 0.6) is 0 Å². The number of nitrogens with zero attached hydrogens (tertiary/aromatic N) is 2. The third-order valence-electron chi connectivity index (χ3n) is 4.85. The van der Waals surface area contributed by atoms with Gasteiger partial charge in [0.25, 0.3) is 5.69 Å². The zero-order valence-corrected chi connectivity index (χ0v) is 14.9. The van der Waals surface area contributed by atoms with E-state index in [-0.39, 0.29) is 23.0 Å². The normalized spacial score (nSPS) is 22.9. The largest absolute Gasteiger partial charge is 0.314 e. The van der Waals surface area contributed by atoms with Crippen molar-refractivity contribution < 1.29 is 13.3 Å². The van der Waals surface area contributed by atoms with E-state index < -0.39 is 14.9 Å². The molecule has 0 aromatic heterocycles. The first-order valence-corrected chi connectivity index (χ1v) is 9.40. The maximum Gasteiger partial charge on any atom is 0.269 e. The van der Waals surface area contributed by atoms with E-state index in [2.05, 4.69) is 5.32 Å². The van der Waals surface area contributed by atoms with Gasteiger partial charge >= 0.3 is 0 Å². The summed E-state index contributed by atoms with van der Waals surface area (Å²) < 4.78 is 26.8. The van der Waals surface area contributed by atoms with Crippen molar-refractivity contribution in [3.05, 3.63) is 34.4 Å². The quantitative estimate of drug-likeness (QED) is 0.643. The van der Waals surface area contributed by atoms with Crippen LogP contribution in [0.1, 0.15) is 25.7 Å². The van der Waals surface area contributed by atoms with Crippen LogP contribution >= 0.6 is 12.4 Å². The van der Waals surface area contributed by atoms with Gasteiger partial charge in [0.2, 0.25) is 10.0 Å². The van der Waals surface area contributed by atoms with Crippen molar-refractivity contribution in [2.75, 3.05) is 19.6 Å². The van der Waals surface area contributed by atoms with Crippen molar-refractivity contribution in [2.24, 2.45) is 5.92 Å². The van der Waals surface area contributed by atoms with E-state index >= 15 is 0 Å². The van der Waals surface area contributed by atoms with E-state index in [0.717, 1.165) is 19.4 Å². The molecule has 1 aromatic carbocycles. The van der Waals surface area contributed by atoms with Crippen molar-refractivity contribution >= 4 is 28.1 Å². The summed E-state index contributed by atoms with van der Waals surface area (Å²) in [5.74, 6) is 0.542. The summed E-state index contributed by atoms with van der Waals surface area (Å²) >= 11 is 0. The Morgan fingerprint density at radius 3 is 2.25 bits per heavy atom. The molecule has 7 nitrogen and oxygen atoms in total. The zero-order valence-electron chi connectivity index (χ0n) is 13.3. The number of hydrogen-bond donors (Lipinski definition) is 1. The molecule has 134 valence electrons. The molecule has 1 unspecified atom stereocenters. The van der Waals surface area contributed by atoms with Crippen LogP contribution in [0.3, 0.4) is 0 Å². The van der Waals surface area contributed by atoms with Crippen molar-refractivity contribution in [2.45, 2.75) is 36.6 Å². The van der Waals surface area contributed by atoms with Gasteiger partial charge in [-0.3, -0.25) is 10.1 Å². The minimum Gasteiger partial charge on any atom is -0.314 e. The smallest absolute Gasteiger partial charge is 0.269 e. The molecule has 2 aliphatic rings. The van der Waals surface area contributed by atoms with E-state index in [9.17, 15) is 18.5 Å². The van der Waals surface area contributed by atoms with Crippen molar-refractivity contribution in [1.82, 2.24) is 9.62 Å². The fraction of sp³-hybridized carbons (Fsp3) is 0.600. The average Bonchev–Trinajstić information content (AvgIpc) is 3.09. The summed E-state index contributed by atoms with van der Waals surface area (Å²) in [6, 6.07) is 5.64. The molecule has 1 aromatic rings. The fourth-order valence-electron chi connectivity index (χ4n) is 3.52. The minimum atomic E-state index is -3.56. The monoisotopic (exact) mass is 375 g/mol. The van der Waals surface area contributed by atoms with Gasteiger partial charge in [-0.2, -0.15) is 4.31 Å². The van der Waals surface area contributed by atoms with Gasteiger partial charge in [0.1, 0.15) is 0 Å². The number of benzene rings is 1. The number of halogens is 1. The fourth-order valence-corrected chi connectivity index (χ4v) is 4.99. The lowest BCUT2D eigenvalue weighted by Gasteiger charge is -2.34. The molecule has 2 fully saturated rings. The van der Waals surface area contributed by atoms with Gasteiger partial charge in [-0.25, -0.2) is 8.42 Å². The van der Waals surface area contributed by atoms with Crippen molar-refractivity contribution in [1.29, 1.82) is 0 Å². The third kappa shape index (κ3) is 3.88. The van der Waals surface area contributed by atoms with Crippen LogP contribution in [0.2, 0.25) is 0 Å². The second-order valence-electron chi connectivity index (χ2n) is 6.20. The molecule has 1 N–H and O–H groups in total. The lowest BCUT2D eigenvalue weighted by atomic mass is 9.89.